The van der Waals surface area contributed by atoms with Crippen LogP contribution in [-0.4, -0.2) is 53.7 Å². The second-order valence-corrected chi connectivity index (χ2v) is 6.66. The number of H-pyrrole nitrogens is 1. The van der Waals surface area contributed by atoms with Crippen LogP contribution < -0.4 is 10.9 Å². The minimum Gasteiger partial charge on any atom is -0.375 e. The van der Waals surface area contributed by atoms with Crippen LogP contribution in [0.5, 0.6) is 0 Å². The van der Waals surface area contributed by atoms with Crippen molar-refractivity contribution in [2.24, 2.45) is 5.92 Å². The number of morpholine rings is 1. The molecule has 1 aromatic heterocycles. The molecular weight excluding hydrogens is 282 g/mol. The Morgan fingerprint density at radius 3 is 3.00 bits per heavy atom. The summed E-state index contributed by atoms with van der Waals surface area (Å²) >= 11 is 0. The second-order valence-electron chi connectivity index (χ2n) is 6.66. The molecule has 0 radical (unpaired) electrons. The fraction of sp³-hybridized carbons (Fsp3) is 0.625. The molecule has 3 aliphatic rings. The number of carbonyl (C=O) groups is 1. The van der Waals surface area contributed by atoms with Crippen LogP contribution >= 0.6 is 0 Å². The van der Waals surface area contributed by atoms with E-state index in [4.69, 9.17) is 4.74 Å². The maximum Gasteiger partial charge on any atom is 0.251 e. The number of ether oxygens (including phenoxy) is 1. The van der Waals surface area contributed by atoms with Gasteiger partial charge >= 0.3 is 0 Å². The number of aromatic nitrogens is 1. The first-order valence-corrected chi connectivity index (χ1v) is 8.04. The molecule has 1 amide bonds. The number of fused-ring (bicyclic) bond motifs is 1. The Kier molecular flexibility index (Phi) is 3.50. The predicted octanol–water partition coefficient (Wildman–Crippen LogP) is 0.356. The highest BCUT2D eigenvalue weighted by Gasteiger charge is 2.42. The van der Waals surface area contributed by atoms with Gasteiger partial charge in [-0.3, -0.25) is 14.5 Å². The number of aromatic amines is 1. The Morgan fingerprint density at radius 1 is 1.36 bits per heavy atom. The summed E-state index contributed by atoms with van der Waals surface area (Å²) in [4.78, 5) is 28.5. The Labute approximate surface area is 128 Å². The van der Waals surface area contributed by atoms with E-state index in [0.29, 0.717) is 17.7 Å². The van der Waals surface area contributed by atoms with Crippen LogP contribution in [0.1, 0.15) is 29.6 Å². The SMILES string of the molecule is O=C(N[C@H]1C[C@H]2CO[C@H](C3CC3)CN2C1)c1cc[nH]c(=O)c1. The van der Waals surface area contributed by atoms with E-state index in [2.05, 4.69) is 15.2 Å². The third-order valence-corrected chi connectivity index (χ3v) is 4.97. The molecule has 0 bridgehead atoms. The number of nitrogens with one attached hydrogen (secondary N) is 2. The molecule has 2 aliphatic heterocycles. The number of rotatable bonds is 3. The van der Waals surface area contributed by atoms with Crippen molar-refractivity contribution < 1.29 is 9.53 Å². The highest BCUT2D eigenvalue weighted by Crippen LogP contribution is 2.37. The first kappa shape index (κ1) is 14.0. The zero-order chi connectivity index (χ0) is 15.1. The number of amides is 1. The minimum atomic E-state index is -0.253. The zero-order valence-electron chi connectivity index (χ0n) is 12.5. The molecular formula is C16H21N3O3. The highest BCUT2D eigenvalue weighted by atomic mass is 16.5. The van der Waals surface area contributed by atoms with Gasteiger partial charge in [0.1, 0.15) is 0 Å². The van der Waals surface area contributed by atoms with Crippen LogP contribution in [0, 0.1) is 5.92 Å². The van der Waals surface area contributed by atoms with E-state index in [1.54, 1.807) is 6.07 Å². The van der Waals surface area contributed by atoms with E-state index in [9.17, 15) is 9.59 Å². The summed E-state index contributed by atoms with van der Waals surface area (Å²) < 4.78 is 5.97. The van der Waals surface area contributed by atoms with Crippen molar-refractivity contribution in [3.05, 3.63) is 34.2 Å². The molecule has 0 aromatic carbocycles. The van der Waals surface area contributed by atoms with Crippen LogP contribution in [0.4, 0.5) is 0 Å². The average molecular weight is 303 g/mol. The van der Waals surface area contributed by atoms with E-state index in [1.165, 1.54) is 25.1 Å². The van der Waals surface area contributed by atoms with Gasteiger partial charge in [-0.1, -0.05) is 0 Å². The monoisotopic (exact) mass is 303 g/mol. The van der Waals surface area contributed by atoms with Gasteiger partial charge in [0.05, 0.1) is 12.7 Å². The second kappa shape index (κ2) is 5.52. The van der Waals surface area contributed by atoms with Crippen molar-refractivity contribution in [1.29, 1.82) is 0 Å². The van der Waals surface area contributed by atoms with Gasteiger partial charge in [-0.05, 0) is 31.2 Å². The lowest BCUT2D eigenvalue weighted by molar-refractivity contribution is -0.0581. The molecule has 2 N–H and O–H groups in total. The van der Waals surface area contributed by atoms with Crippen molar-refractivity contribution in [3.63, 3.8) is 0 Å². The lowest BCUT2D eigenvalue weighted by Crippen LogP contribution is -2.47. The first-order valence-electron chi connectivity index (χ1n) is 8.04. The molecule has 0 spiro atoms. The quantitative estimate of drug-likeness (QED) is 0.845. The van der Waals surface area contributed by atoms with Crippen molar-refractivity contribution in [2.45, 2.75) is 37.5 Å². The summed E-state index contributed by atoms with van der Waals surface area (Å²) in [6, 6.07) is 3.52. The molecule has 3 fully saturated rings. The molecule has 3 heterocycles. The van der Waals surface area contributed by atoms with Gasteiger partial charge in [0.15, 0.2) is 0 Å². The summed E-state index contributed by atoms with van der Waals surface area (Å²) in [5.41, 5.74) is 0.165. The molecule has 4 rings (SSSR count). The average Bonchev–Trinajstić information content (AvgIpc) is 3.27. The smallest absolute Gasteiger partial charge is 0.251 e. The molecule has 6 heteroatoms. The van der Waals surface area contributed by atoms with Crippen LogP contribution in [0.3, 0.4) is 0 Å². The van der Waals surface area contributed by atoms with Crippen molar-refractivity contribution in [3.8, 4) is 0 Å². The summed E-state index contributed by atoms with van der Waals surface area (Å²) in [5.74, 6) is 0.584. The Morgan fingerprint density at radius 2 is 2.23 bits per heavy atom. The topological polar surface area (TPSA) is 74.4 Å². The molecule has 1 aliphatic carbocycles. The number of carbonyl (C=O) groups excluding carboxylic acids is 1. The molecule has 118 valence electrons. The normalized spacial score (nSPS) is 31.7. The van der Waals surface area contributed by atoms with Gasteiger partial charge < -0.3 is 15.0 Å². The van der Waals surface area contributed by atoms with Crippen LogP contribution in [0.25, 0.3) is 0 Å². The Balaban J connectivity index is 1.36. The van der Waals surface area contributed by atoms with Gasteiger partial charge in [0.25, 0.3) is 5.91 Å². The lowest BCUT2D eigenvalue weighted by Gasteiger charge is -2.35. The predicted molar refractivity (Wildman–Crippen MR) is 80.8 cm³/mol. The third-order valence-electron chi connectivity index (χ3n) is 4.97. The van der Waals surface area contributed by atoms with Gasteiger partial charge in [0, 0.05) is 43.0 Å². The van der Waals surface area contributed by atoms with E-state index < -0.39 is 0 Å². The largest absolute Gasteiger partial charge is 0.375 e. The molecule has 3 atom stereocenters. The van der Waals surface area contributed by atoms with Crippen LogP contribution in [-0.2, 0) is 4.74 Å². The standard InChI is InChI=1S/C16H21N3O3/c20-15-5-11(3-4-17-15)16(21)18-12-6-13-9-22-14(10-1-2-10)8-19(13)7-12/h3-5,10,12-14H,1-2,6-9H2,(H,17,20)(H,18,21)/t12-,13-,14-/m0/s1. The Hall–Kier alpha value is -1.66. The maximum atomic E-state index is 12.2. The van der Waals surface area contributed by atoms with E-state index in [1.807, 2.05) is 0 Å². The first-order chi connectivity index (χ1) is 10.7. The van der Waals surface area contributed by atoms with Gasteiger partial charge in [-0.25, -0.2) is 0 Å². The summed E-state index contributed by atoms with van der Waals surface area (Å²) in [5, 5.41) is 3.05. The number of nitrogens with zero attached hydrogens (tertiary/aromatic N) is 1. The molecule has 0 unspecified atom stereocenters. The molecule has 1 saturated carbocycles. The van der Waals surface area contributed by atoms with E-state index >= 15 is 0 Å². The van der Waals surface area contributed by atoms with E-state index in [-0.39, 0.29) is 17.5 Å². The summed E-state index contributed by atoms with van der Waals surface area (Å²) in [7, 11) is 0. The van der Waals surface area contributed by atoms with Crippen LogP contribution in [0.2, 0.25) is 0 Å². The number of hydrogen-bond acceptors (Lipinski definition) is 4. The third kappa shape index (κ3) is 2.80. The zero-order valence-corrected chi connectivity index (χ0v) is 12.5. The highest BCUT2D eigenvalue weighted by molar-refractivity contribution is 5.94. The fourth-order valence-corrected chi connectivity index (χ4v) is 3.61. The summed E-state index contributed by atoms with van der Waals surface area (Å²) in [6.07, 6.45) is 5.41. The van der Waals surface area contributed by atoms with Crippen molar-refractivity contribution in [2.75, 3.05) is 19.7 Å². The summed E-state index contributed by atoms with van der Waals surface area (Å²) in [6.45, 7) is 2.65. The Bertz CT molecular complexity index is 625. The lowest BCUT2D eigenvalue weighted by atomic mass is 10.1. The van der Waals surface area contributed by atoms with E-state index in [0.717, 1.165) is 32.0 Å². The maximum absolute atomic E-state index is 12.2. The number of pyridine rings is 1. The molecule has 2 saturated heterocycles. The van der Waals surface area contributed by atoms with Gasteiger partial charge in [0.2, 0.25) is 5.56 Å². The van der Waals surface area contributed by atoms with Crippen molar-refractivity contribution >= 4 is 5.91 Å². The van der Waals surface area contributed by atoms with Gasteiger partial charge in [-0.15, -0.1) is 0 Å². The van der Waals surface area contributed by atoms with Crippen molar-refractivity contribution in [1.82, 2.24) is 15.2 Å². The number of hydrogen-bond donors (Lipinski definition) is 2. The van der Waals surface area contributed by atoms with Crippen LogP contribution in [0.15, 0.2) is 23.1 Å². The molecule has 22 heavy (non-hydrogen) atoms. The van der Waals surface area contributed by atoms with Gasteiger partial charge in [-0.2, -0.15) is 0 Å². The minimum absolute atomic E-state index is 0.137. The molecule has 6 nitrogen and oxygen atoms in total. The fourth-order valence-electron chi connectivity index (χ4n) is 3.61. The molecule has 1 aromatic rings.